The highest BCUT2D eigenvalue weighted by Crippen LogP contribution is 2.25. The molecular formula is C21H23Cl2N5O. The molecule has 0 aliphatic heterocycles. The number of aryl methyl sites for hydroxylation is 2. The zero-order chi connectivity index (χ0) is 21.1. The number of amides is 1. The van der Waals surface area contributed by atoms with Crippen LogP contribution in [0.5, 0.6) is 0 Å². The molecule has 1 N–H and O–H groups in total. The molecule has 2 heterocycles. The Morgan fingerprint density at radius 1 is 1.14 bits per heavy atom. The summed E-state index contributed by atoms with van der Waals surface area (Å²) < 4.78 is 1.69. The van der Waals surface area contributed by atoms with Gasteiger partial charge in [-0.1, -0.05) is 41.4 Å². The van der Waals surface area contributed by atoms with Gasteiger partial charge >= 0.3 is 0 Å². The van der Waals surface area contributed by atoms with E-state index in [1.54, 1.807) is 16.8 Å². The first kappa shape index (κ1) is 21.3. The van der Waals surface area contributed by atoms with Crippen LogP contribution in [0, 0.1) is 13.8 Å². The van der Waals surface area contributed by atoms with Crippen molar-refractivity contribution in [3.63, 3.8) is 0 Å². The zero-order valence-corrected chi connectivity index (χ0v) is 18.3. The minimum atomic E-state index is -0.350. The Morgan fingerprint density at radius 2 is 1.86 bits per heavy atom. The second kappa shape index (κ2) is 8.95. The van der Waals surface area contributed by atoms with E-state index in [4.69, 9.17) is 23.2 Å². The molecule has 0 aliphatic rings. The molecule has 2 aromatic heterocycles. The van der Waals surface area contributed by atoms with Crippen molar-refractivity contribution in [2.75, 3.05) is 20.6 Å². The first-order valence-corrected chi connectivity index (χ1v) is 9.92. The topological polar surface area (TPSA) is 63.1 Å². The fraction of sp³-hybridized carbons (Fsp3) is 0.286. The van der Waals surface area contributed by atoms with E-state index in [9.17, 15) is 4.79 Å². The van der Waals surface area contributed by atoms with Crippen LogP contribution in [0.25, 0.3) is 5.82 Å². The van der Waals surface area contributed by atoms with Gasteiger partial charge in [-0.05, 0) is 57.8 Å². The summed E-state index contributed by atoms with van der Waals surface area (Å²) in [6, 6.07) is 12.9. The van der Waals surface area contributed by atoms with Crippen molar-refractivity contribution in [1.82, 2.24) is 25.0 Å². The Hall–Kier alpha value is -2.41. The largest absolute Gasteiger partial charge is 0.349 e. The molecule has 1 amide bonds. The lowest BCUT2D eigenvalue weighted by molar-refractivity contribution is 0.0937. The highest BCUT2D eigenvalue weighted by molar-refractivity contribution is 6.33. The van der Waals surface area contributed by atoms with Gasteiger partial charge < -0.3 is 10.2 Å². The lowest BCUT2D eigenvalue weighted by atomic mass is 10.1. The van der Waals surface area contributed by atoms with E-state index in [0.717, 1.165) is 17.0 Å². The summed E-state index contributed by atoms with van der Waals surface area (Å²) in [5.41, 5.74) is 2.90. The number of halogens is 2. The van der Waals surface area contributed by atoms with Gasteiger partial charge in [-0.2, -0.15) is 5.10 Å². The number of hydrogen-bond acceptors (Lipinski definition) is 4. The van der Waals surface area contributed by atoms with E-state index in [1.807, 2.05) is 63.2 Å². The van der Waals surface area contributed by atoms with Gasteiger partial charge in [-0.15, -0.1) is 0 Å². The van der Waals surface area contributed by atoms with Gasteiger partial charge in [-0.25, -0.2) is 9.67 Å². The van der Waals surface area contributed by atoms with Crippen molar-refractivity contribution in [3.8, 4) is 5.82 Å². The summed E-state index contributed by atoms with van der Waals surface area (Å²) in [5.74, 6) is 0.192. The SMILES string of the molecule is Cc1cc(C)n(-c2ccc(Cl)c(C(=O)NCC(c3ccccc3Cl)N(C)C)n2)n1. The summed E-state index contributed by atoms with van der Waals surface area (Å²) in [6.07, 6.45) is 0. The molecular weight excluding hydrogens is 409 g/mol. The van der Waals surface area contributed by atoms with Crippen molar-refractivity contribution in [2.45, 2.75) is 19.9 Å². The highest BCUT2D eigenvalue weighted by Gasteiger charge is 2.20. The number of nitrogens with zero attached hydrogens (tertiary/aromatic N) is 4. The number of carbonyl (C=O) groups excluding carboxylic acids is 1. The quantitative estimate of drug-likeness (QED) is 0.634. The molecule has 3 rings (SSSR count). The third kappa shape index (κ3) is 4.78. The fourth-order valence-corrected chi connectivity index (χ4v) is 3.61. The number of hydrogen-bond donors (Lipinski definition) is 1. The summed E-state index contributed by atoms with van der Waals surface area (Å²) in [6.45, 7) is 4.20. The minimum absolute atomic E-state index is 0.0920. The molecule has 0 bridgehead atoms. The normalized spacial score (nSPS) is 12.2. The molecule has 0 aliphatic carbocycles. The second-order valence-electron chi connectivity index (χ2n) is 7.05. The molecule has 1 unspecified atom stereocenters. The van der Waals surface area contributed by atoms with E-state index in [2.05, 4.69) is 15.4 Å². The van der Waals surface area contributed by atoms with Crippen LogP contribution in [0.4, 0.5) is 0 Å². The average Bonchev–Trinajstić information content (AvgIpc) is 3.01. The maximum Gasteiger partial charge on any atom is 0.271 e. The van der Waals surface area contributed by atoms with Crippen LogP contribution >= 0.6 is 23.2 Å². The van der Waals surface area contributed by atoms with Crippen molar-refractivity contribution in [1.29, 1.82) is 0 Å². The Labute approximate surface area is 180 Å². The molecule has 1 aromatic carbocycles. The number of benzene rings is 1. The molecule has 0 saturated heterocycles. The Morgan fingerprint density at radius 3 is 2.48 bits per heavy atom. The smallest absolute Gasteiger partial charge is 0.271 e. The molecule has 3 aromatic rings. The van der Waals surface area contributed by atoms with Crippen molar-refractivity contribution >= 4 is 29.1 Å². The highest BCUT2D eigenvalue weighted by atomic mass is 35.5. The molecule has 0 radical (unpaired) electrons. The molecule has 6 nitrogen and oxygen atoms in total. The van der Waals surface area contributed by atoms with E-state index in [-0.39, 0.29) is 22.7 Å². The van der Waals surface area contributed by atoms with Crippen molar-refractivity contribution < 1.29 is 4.79 Å². The molecule has 0 spiro atoms. The number of rotatable bonds is 6. The Balaban J connectivity index is 1.82. The number of nitrogens with one attached hydrogen (secondary N) is 1. The fourth-order valence-electron chi connectivity index (χ4n) is 3.16. The minimum Gasteiger partial charge on any atom is -0.349 e. The lowest BCUT2D eigenvalue weighted by Gasteiger charge is -2.26. The number of pyridine rings is 1. The number of aromatic nitrogens is 3. The summed E-state index contributed by atoms with van der Waals surface area (Å²) in [7, 11) is 3.88. The van der Waals surface area contributed by atoms with E-state index in [0.29, 0.717) is 17.4 Å². The summed E-state index contributed by atoms with van der Waals surface area (Å²) in [5, 5.41) is 8.28. The van der Waals surface area contributed by atoms with Gasteiger partial charge in [-0.3, -0.25) is 4.79 Å². The van der Waals surface area contributed by atoms with Gasteiger partial charge in [0, 0.05) is 17.3 Å². The molecule has 1 atom stereocenters. The van der Waals surface area contributed by atoms with Crippen molar-refractivity contribution in [3.05, 3.63) is 75.2 Å². The van der Waals surface area contributed by atoms with Gasteiger partial charge in [0.05, 0.1) is 16.8 Å². The number of likely N-dealkylation sites (N-methyl/N-ethyl adjacent to an activating group) is 1. The lowest BCUT2D eigenvalue weighted by Crippen LogP contribution is -2.35. The van der Waals surface area contributed by atoms with E-state index < -0.39 is 0 Å². The van der Waals surface area contributed by atoms with E-state index >= 15 is 0 Å². The number of carbonyl (C=O) groups is 1. The zero-order valence-electron chi connectivity index (χ0n) is 16.8. The maximum absolute atomic E-state index is 12.8. The van der Waals surface area contributed by atoms with Gasteiger partial charge in [0.1, 0.15) is 5.69 Å². The third-order valence-corrected chi connectivity index (χ3v) is 5.27. The predicted molar refractivity (Wildman–Crippen MR) is 116 cm³/mol. The standard InChI is InChI=1S/C21H23Cl2N5O/c1-13-11-14(2)28(26-13)19-10-9-17(23)20(25-19)21(29)24-12-18(27(3)4)15-7-5-6-8-16(15)22/h5-11,18H,12H2,1-4H3,(H,24,29). The van der Waals surface area contributed by atoms with Crippen LogP contribution in [0.3, 0.4) is 0 Å². The van der Waals surface area contributed by atoms with Crippen LogP contribution in [0.1, 0.15) is 33.5 Å². The molecule has 29 heavy (non-hydrogen) atoms. The second-order valence-corrected chi connectivity index (χ2v) is 7.86. The van der Waals surface area contributed by atoms with Crippen LogP contribution in [0.2, 0.25) is 10.0 Å². The van der Waals surface area contributed by atoms with Crippen LogP contribution in [-0.4, -0.2) is 46.2 Å². The molecule has 0 saturated carbocycles. The average molecular weight is 432 g/mol. The van der Waals surface area contributed by atoms with Gasteiger partial charge in [0.15, 0.2) is 5.82 Å². The van der Waals surface area contributed by atoms with Crippen LogP contribution < -0.4 is 5.32 Å². The Kier molecular flexibility index (Phi) is 6.57. The first-order valence-electron chi connectivity index (χ1n) is 9.17. The van der Waals surface area contributed by atoms with Gasteiger partial charge in [0.25, 0.3) is 5.91 Å². The van der Waals surface area contributed by atoms with Crippen LogP contribution in [0.15, 0.2) is 42.5 Å². The van der Waals surface area contributed by atoms with Crippen LogP contribution in [-0.2, 0) is 0 Å². The summed E-state index contributed by atoms with van der Waals surface area (Å²) >= 11 is 12.6. The first-order chi connectivity index (χ1) is 13.8. The van der Waals surface area contributed by atoms with E-state index in [1.165, 1.54) is 0 Å². The Bertz CT molecular complexity index is 1030. The van der Waals surface area contributed by atoms with Gasteiger partial charge in [0.2, 0.25) is 0 Å². The summed E-state index contributed by atoms with van der Waals surface area (Å²) in [4.78, 5) is 19.3. The third-order valence-electron chi connectivity index (χ3n) is 4.62. The molecule has 152 valence electrons. The van der Waals surface area contributed by atoms with Crippen molar-refractivity contribution in [2.24, 2.45) is 0 Å². The monoisotopic (exact) mass is 431 g/mol. The molecule has 0 fully saturated rings. The molecule has 8 heteroatoms. The maximum atomic E-state index is 12.8. The predicted octanol–water partition coefficient (Wildman–Crippen LogP) is 4.22.